The molecule has 0 aliphatic carbocycles. The van der Waals surface area contributed by atoms with E-state index >= 15 is 0 Å². The highest BCUT2D eigenvalue weighted by molar-refractivity contribution is 7.90. The summed E-state index contributed by atoms with van der Waals surface area (Å²) in [7, 11) is -4.21. The van der Waals surface area contributed by atoms with Crippen molar-refractivity contribution in [1.82, 2.24) is 4.72 Å². The number of esters is 1. The molecule has 0 saturated carbocycles. The van der Waals surface area contributed by atoms with E-state index in [2.05, 4.69) is 4.72 Å². The fraction of sp³-hybridized carbons (Fsp3) is 0.167. The van der Waals surface area contributed by atoms with Gasteiger partial charge in [-0.05, 0) is 30.7 Å². The molecule has 0 aliphatic heterocycles. The third kappa shape index (κ3) is 3.98. The van der Waals surface area contributed by atoms with Crippen LogP contribution in [0.5, 0.6) is 0 Å². The SMILES string of the molecule is CCOC(=O)c1sc2cccc(F)c2c1S(=O)(=O)NCc1ccccc1Cl. The Balaban J connectivity index is 2.09. The summed E-state index contributed by atoms with van der Waals surface area (Å²) in [6, 6.07) is 10.9. The largest absolute Gasteiger partial charge is 0.462 e. The fourth-order valence-corrected chi connectivity index (χ4v) is 5.57. The van der Waals surface area contributed by atoms with Gasteiger partial charge in [-0.2, -0.15) is 0 Å². The maximum Gasteiger partial charge on any atom is 0.349 e. The topological polar surface area (TPSA) is 72.5 Å². The first-order valence-corrected chi connectivity index (χ1v) is 10.6. The average molecular weight is 428 g/mol. The molecule has 5 nitrogen and oxygen atoms in total. The van der Waals surface area contributed by atoms with E-state index in [-0.39, 0.29) is 23.4 Å². The third-order valence-corrected chi connectivity index (χ3v) is 6.86. The summed E-state index contributed by atoms with van der Waals surface area (Å²) >= 11 is 6.93. The predicted octanol–water partition coefficient (Wildman–Crippen LogP) is 4.35. The molecule has 142 valence electrons. The average Bonchev–Trinajstić information content (AvgIpc) is 3.03. The number of hydrogen-bond donors (Lipinski definition) is 1. The molecule has 3 rings (SSSR count). The Morgan fingerprint density at radius 1 is 1.22 bits per heavy atom. The first-order chi connectivity index (χ1) is 12.8. The van der Waals surface area contributed by atoms with E-state index < -0.39 is 26.7 Å². The second-order valence-corrected chi connectivity index (χ2v) is 8.67. The lowest BCUT2D eigenvalue weighted by Gasteiger charge is -2.10. The number of nitrogens with one attached hydrogen (secondary N) is 1. The summed E-state index contributed by atoms with van der Waals surface area (Å²) in [6.07, 6.45) is 0. The van der Waals surface area contributed by atoms with Crippen molar-refractivity contribution < 1.29 is 22.3 Å². The number of benzene rings is 2. The second-order valence-electron chi connectivity index (χ2n) is 5.51. The molecule has 0 unspecified atom stereocenters. The summed E-state index contributed by atoms with van der Waals surface area (Å²) in [5, 5.41) is 0.268. The van der Waals surface area contributed by atoms with Gasteiger partial charge in [0.15, 0.2) is 0 Å². The molecule has 2 aromatic carbocycles. The Labute approximate surface area is 164 Å². The van der Waals surface area contributed by atoms with Crippen LogP contribution in [0.4, 0.5) is 4.39 Å². The Bertz CT molecular complexity index is 1110. The number of hydrogen-bond acceptors (Lipinski definition) is 5. The van der Waals surface area contributed by atoms with Crippen LogP contribution in [-0.4, -0.2) is 21.0 Å². The molecule has 0 bridgehead atoms. The van der Waals surface area contributed by atoms with E-state index in [4.69, 9.17) is 16.3 Å². The molecule has 0 saturated heterocycles. The number of carbonyl (C=O) groups is 1. The van der Waals surface area contributed by atoms with Crippen LogP contribution < -0.4 is 4.72 Å². The van der Waals surface area contributed by atoms with Crippen LogP contribution in [0.2, 0.25) is 5.02 Å². The maximum absolute atomic E-state index is 14.4. The van der Waals surface area contributed by atoms with Crippen molar-refractivity contribution in [2.45, 2.75) is 18.4 Å². The minimum absolute atomic E-state index is 0.0715. The molecule has 0 aliphatic rings. The standard InChI is InChI=1S/C18H15ClFNO4S2/c1-2-25-18(22)16-17(15-13(20)8-5-9-14(15)26-16)27(23,24)21-10-11-6-3-4-7-12(11)19/h3-9,21H,2,10H2,1H3. The van der Waals surface area contributed by atoms with Crippen molar-refractivity contribution in [1.29, 1.82) is 0 Å². The van der Waals surface area contributed by atoms with Crippen molar-refractivity contribution in [3.63, 3.8) is 0 Å². The lowest BCUT2D eigenvalue weighted by Crippen LogP contribution is -2.25. The first kappa shape index (κ1) is 19.8. The number of thiophene rings is 1. The molecule has 27 heavy (non-hydrogen) atoms. The lowest BCUT2D eigenvalue weighted by atomic mass is 10.2. The van der Waals surface area contributed by atoms with Crippen LogP contribution in [0.1, 0.15) is 22.2 Å². The van der Waals surface area contributed by atoms with Gasteiger partial charge in [0.1, 0.15) is 15.6 Å². The monoisotopic (exact) mass is 427 g/mol. The lowest BCUT2D eigenvalue weighted by molar-refractivity contribution is 0.0528. The van der Waals surface area contributed by atoms with Gasteiger partial charge in [0.2, 0.25) is 10.0 Å². The first-order valence-electron chi connectivity index (χ1n) is 7.96. The molecule has 0 spiro atoms. The Morgan fingerprint density at radius 2 is 1.96 bits per heavy atom. The molecule has 1 N–H and O–H groups in total. The Morgan fingerprint density at radius 3 is 2.67 bits per heavy atom. The summed E-state index contributed by atoms with van der Waals surface area (Å²) in [5.41, 5.74) is 0.556. The van der Waals surface area contributed by atoms with Gasteiger partial charge in [0.05, 0.1) is 6.61 Å². The van der Waals surface area contributed by atoms with E-state index in [1.165, 1.54) is 6.07 Å². The molecule has 1 aromatic heterocycles. The highest BCUT2D eigenvalue weighted by Crippen LogP contribution is 2.37. The van der Waals surface area contributed by atoms with Gasteiger partial charge >= 0.3 is 5.97 Å². The molecule has 3 aromatic rings. The second kappa shape index (κ2) is 7.93. The van der Waals surface area contributed by atoms with Crippen LogP contribution in [0.25, 0.3) is 10.1 Å². The zero-order valence-electron chi connectivity index (χ0n) is 14.2. The van der Waals surface area contributed by atoms with Crippen LogP contribution in [0.15, 0.2) is 47.4 Å². The molecule has 9 heteroatoms. The normalized spacial score (nSPS) is 11.7. The summed E-state index contributed by atoms with van der Waals surface area (Å²) in [4.78, 5) is 11.7. The van der Waals surface area contributed by atoms with E-state index in [0.29, 0.717) is 15.3 Å². The minimum atomic E-state index is -4.21. The molecule has 0 atom stereocenters. The molecule has 0 fully saturated rings. The van der Waals surface area contributed by atoms with Gasteiger partial charge in [0, 0.05) is 21.7 Å². The van der Waals surface area contributed by atoms with Crippen molar-refractivity contribution >= 4 is 49.0 Å². The fourth-order valence-electron chi connectivity index (χ4n) is 2.55. The zero-order chi connectivity index (χ0) is 19.6. The summed E-state index contributed by atoms with van der Waals surface area (Å²) < 4.78 is 48.0. The Kier molecular flexibility index (Phi) is 5.81. The van der Waals surface area contributed by atoms with Crippen LogP contribution in [0, 0.1) is 5.82 Å². The van der Waals surface area contributed by atoms with Crippen LogP contribution in [0.3, 0.4) is 0 Å². The number of rotatable bonds is 6. The number of fused-ring (bicyclic) bond motifs is 1. The van der Waals surface area contributed by atoms with Gasteiger partial charge in [-0.3, -0.25) is 0 Å². The quantitative estimate of drug-likeness (QED) is 0.593. The summed E-state index contributed by atoms with van der Waals surface area (Å²) in [5.74, 6) is -1.53. The van der Waals surface area contributed by atoms with E-state index in [0.717, 1.165) is 17.4 Å². The number of halogens is 2. The minimum Gasteiger partial charge on any atom is -0.462 e. The zero-order valence-corrected chi connectivity index (χ0v) is 16.6. The van der Waals surface area contributed by atoms with E-state index in [9.17, 15) is 17.6 Å². The highest BCUT2D eigenvalue weighted by Gasteiger charge is 2.30. The van der Waals surface area contributed by atoms with Gasteiger partial charge in [-0.1, -0.05) is 35.9 Å². The molecule has 0 amide bonds. The third-order valence-electron chi connectivity index (χ3n) is 3.76. The molecular formula is C18H15ClFNO4S2. The Hall–Kier alpha value is -2.00. The van der Waals surface area contributed by atoms with Gasteiger partial charge in [-0.15, -0.1) is 11.3 Å². The van der Waals surface area contributed by atoms with Crippen LogP contribution in [-0.2, 0) is 21.3 Å². The molecule has 0 radical (unpaired) electrons. The van der Waals surface area contributed by atoms with Gasteiger partial charge in [-0.25, -0.2) is 22.3 Å². The molecule has 1 heterocycles. The van der Waals surface area contributed by atoms with Crippen LogP contribution >= 0.6 is 22.9 Å². The molecular weight excluding hydrogens is 413 g/mol. The van der Waals surface area contributed by atoms with E-state index in [1.54, 1.807) is 37.3 Å². The van der Waals surface area contributed by atoms with Crippen molar-refractivity contribution in [2.75, 3.05) is 6.61 Å². The van der Waals surface area contributed by atoms with Crippen molar-refractivity contribution in [3.8, 4) is 0 Å². The summed E-state index contributed by atoms with van der Waals surface area (Å²) in [6.45, 7) is 1.58. The van der Waals surface area contributed by atoms with E-state index in [1.807, 2.05) is 0 Å². The van der Waals surface area contributed by atoms with Crippen molar-refractivity contribution in [2.24, 2.45) is 0 Å². The number of sulfonamides is 1. The maximum atomic E-state index is 14.4. The number of carbonyl (C=O) groups excluding carboxylic acids is 1. The highest BCUT2D eigenvalue weighted by atomic mass is 35.5. The van der Waals surface area contributed by atoms with Gasteiger partial charge < -0.3 is 4.74 Å². The predicted molar refractivity (Wildman–Crippen MR) is 103 cm³/mol. The smallest absolute Gasteiger partial charge is 0.349 e. The number of ether oxygens (including phenoxy) is 1. The van der Waals surface area contributed by atoms with Gasteiger partial charge in [0.25, 0.3) is 0 Å². The van der Waals surface area contributed by atoms with Crippen molar-refractivity contribution in [3.05, 3.63) is 63.7 Å².